The minimum Gasteiger partial charge on any atom is -0.476 e. The summed E-state index contributed by atoms with van der Waals surface area (Å²) < 4.78 is 5.17. The van der Waals surface area contributed by atoms with E-state index >= 15 is 0 Å². The van der Waals surface area contributed by atoms with Crippen LogP contribution in [-0.4, -0.2) is 10.8 Å². The molecule has 5 heteroatoms. The number of ether oxygens (including phenoxy) is 1. The third-order valence-electron chi connectivity index (χ3n) is 1.99. The van der Waals surface area contributed by atoms with E-state index in [2.05, 4.69) is 4.99 Å². The third kappa shape index (κ3) is 1.44. The van der Waals surface area contributed by atoms with Crippen molar-refractivity contribution >= 4 is 17.3 Å². The summed E-state index contributed by atoms with van der Waals surface area (Å²) >= 11 is 0. The molecule has 14 heavy (non-hydrogen) atoms. The fourth-order valence-corrected chi connectivity index (χ4v) is 1.29. The minimum atomic E-state index is -0.425. The lowest BCUT2D eigenvalue weighted by molar-refractivity contribution is -0.384. The van der Waals surface area contributed by atoms with Gasteiger partial charge in [-0.1, -0.05) is 0 Å². The molecule has 0 unspecified atom stereocenters. The molecule has 1 aliphatic rings. The zero-order valence-corrected chi connectivity index (χ0v) is 7.56. The molecule has 1 aromatic carbocycles. The standard InChI is InChI=1S/C9H8N2O3/c1-6-10-9-3-2-8(11(12)13)4-7(9)5-14-6/h2-4H,5H2,1H3. The molecule has 0 aliphatic carbocycles. The lowest BCUT2D eigenvalue weighted by atomic mass is 10.1. The first-order valence-electron chi connectivity index (χ1n) is 4.12. The first-order valence-corrected chi connectivity index (χ1v) is 4.12. The van der Waals surface area contributed by atoms with Crippen LogP contribution in [0.25, 0.3) is 0 Å². The van der Waals surface area contributed by atoms with Gasteiger partial charge in [-0.3, -0.25) is 10.1 Å². The molecule has 1 aliphatic heterocycles. The average Bonchev–Trinajstić information content (AvgIpc) is 2.16. The van der Waals surface area contributed by atoms with Crippen LogP contribution in [0.1, 0.15) is 12.5 Å². The highest BCUT2D eigenvalue weighted by molar-refractivity contribution is 5.79. The second kappa shape index (κ2) is 3.10. The molecule has 72 valence electrons. The molecule has 5 nitrogen and oxygen atoms in total. The van der Waals surface area contributed by atoms with Gasteiger partial charge in [0.05, 0.1) is 10.6 Å². The molecule has 0 radical (unpaired) electrons. The maximum Gasteiger partial charge on any atom is 0.269 e. The van der Waals surface area contributed by atoms with Gasteiger partial charge in [0, 0.05) is 24.6 Å². The van der Waals surface area contributed by atoms with E-state index in [1.54, 1.807) is 13.0 Å². The highest BCUT2D eigenvalue weighted by Crippen LogP contribution is 2.28. The van der Waals surface area contributed by atoms with Gasteiger partial charge in [-0.25, -0.2) is 4.99 Å². The molecule has 0 N–H and O–H groups in total. The number of nitro groups is 1. The summed E-state index contributed by atoms with van der Waals surface area (Å²) in [4.78, 5) is 14.2. The van der Waals surface area contributed by atoms with Gasteiger partial charge < -0.3 is 4.74 Å². The van der Waals surface area contributed by atoms with Crippen LogP contribution >= 0.6 is 0 Å². The third-order valence-corrected chi connectivity index (χ3v) is 1.99. The summed E-state index contributed by atoms with van der Waals surface area (Å²) in [5, 5.41) is 10.5. The Bertz CT molecular complexity index is 426. The smallest absolute Gasteiger partial charge is 0.269 e. The molecule has 0 amide bonds. The number of hydrogen-bond donors (Lipinski definition) is 0. The summed E-state index contributed by atoms with van der Waals surface area (Å²) in [6.07, 6.45) is 0. The van der Waals surface area contributed by atoms with Gasteiger partial charge in [0.1, 0.15) is 6.61 Å². The Balaban J connectivity index is 2.47. The Labute approximate surface area is 80.2 Å². The van der Waals surface area contributed by atoms with E-state index in [1.807, 2.05) is 0 Å². The molecule has 0 spiro atoms. The number of nitro benzene ring substituents is 1. The summed E-state index contributed by atoms with van der Waals surface area (Å²) in [7, 11) is 0. The van der Waals surface area contributed by atoms with Crippen LogP contribution in [0.3, 0.4) is 0 Å². The van der Waals surface area contributed by atoms with Crippen molar-refractivity contribution in [2.45, 2.75) is 13.5 Å². The van der Waals surface area contributed by atoms with Crippen LogP contribution < -0.4 is 0 Å². The van der Waals surface area contributed by atoms with Gasteiger partial charge in [0.15, 0.2) is 5.90 Å². The average molecular weight is 192 g/mol. The predicted molar refractivity (Wildman–Crippen MR) is 50.7 cm³/mol. The molecular weight excluding hydrogens is 184 g/mol. The number of aliphatic imine (C=N–C) groups is 1. The van der Waals surface area contributed by atoms with Gasteiger partial charge in [-0.05, 0) is 6.07 Å². The lowest BCUT2D eigenvalue weighted by Gasteiger charge is -2.13. The summed E-state index contributed by atoms with van der Waals surface area (Å²) in [6.45, 7) is 2.11. The van der Waals surface area contributed by atoms with Crippen molar-refractivity contribution in [1.29, 1.82) is 0 Å². The zero-order chi connectivity index (χ0) is 10.1. The van der Waals surface area contributed by atoms with Gasteiger partial charge in [0.2, 0.25) is 0 Å². The number of hydrogen-bond acceptors (Lipinski definition) is 4. The first-order chi connectivity index (χ1) is 6.66. The molecule has 2 rings (SSSR count). The summed E-state index contributed by atoms with van der Waals surface area (Å²) in [6, 6.07) is 4.58. The Hall–Kier alpha value is -1.91. The fraction of sp³-hybridized carbons (Fsp3) is 0.222. The van der Waals surface area contributed by atoms with Crippen molar-refractivity contribution in [2.24, 2.45) is 4.99 Å². The van der Waals surface area contributed by atoms with Gasteiger partial charge >= 0.3 is 0 Å². The van der Waals surface area contributed by atoms with E-state index in [0.29, 0.717) is 12.5 Å². The van der Waals surface area contributed by atoms with Crippen molar-refractivity contribution in [3.8, 4) is 0 Å². The minimum absolute atomic E-state index is 0.0714. The van der Waals surface area contributed by atoms with Crippen LogP contribution in [0.2, 0.25) is 0 Å². The maximum atomic E-state index is 10.5. The second-order valence-corrected chi connectivity index (χ2v) is 2.99. The largest absolute Gasteiger partial charge is 0.476 e. The highest BCUT2D eigenvalue weighted by atomic mass is 16.6. The second-order valence-electron chi connectivity index (χ2n) is 2.99. The number of non-ortho nitro benzene ring substituents is 1. The molecule has 0 fully saturated rings. The summed E-state index contributed by atoms with van der Waals surface area (Å²) in [5.74, 6) is 0.589. The van der Waals surface area contributed by atoms with Crippen molar-refractivity contribution in [1.82, 2.24) is 0 Å². The van der Waals surface area contributed by atoms with Gasteiger partial charge in [-0.2, -0.15) is 0 Å². The van der Waals surface area contributed by atoms with E-state index in [-0.39, 0.29) is 5.69 Å². The van der Waals surface area contributed by atoms with Crippen molar-refractivity contribution in [3.05, 3.63) is 33.9 Å². The molecule has 0 saturated heterocycles. The van der Waals surface area contributed by atoms with Crippen LogP contribution in [-0.2, 0) is 11.3 Å². The lowest BCUT2D eigenvalue weighted by Crippen LogP contribution is -2.05. The molecular formula is C9H8N2O3. The summed E-state index contributed by atoms with van der Waals surface area (Å²) in [5.41, 5.74) is 1.58. The Morgan fingerprint density at radius 1 is 1.57 bits per heavy atom. The Morgan fingerprint density at radius 3 is 3.07 bits per heavy atom. The van der Waals surface area contributed by atoms with Gasteiger partial charge in [-0.15, -0.1) is 0 Å². The van der Waals surface area contributed by atoms with Crippen molar-refractivity contribution in [3.63, 3.8) is 0 Å². The fourth-order valence-electron chi connectivity index (χ4n) is 1.29. The topological polar surface area (TPSA) is 64.7 Å². The molecule has 1 aromatic rings. The normalized spacial score (nSPS) is 13.9. The Morgan fingerprint density at radius 2 is 2.36 bits per heavy atom. The SMILES string of the molecule is CC1=Nc2ccc([N+](=O)[O-])cc2CO1. The van der Waals surface area contributed by atoms with Crippen LogP contribution in [0.4, 0.5) is 11.4 Å². The maximum absolute atomic E-state index is 10.5. The van der Waals surface area contributed by atoms with E-state index in [0.717, 1.165) is 11.3 Å². The van der Waals surface area contributed by atoms with E-state index in [4.69, 9.17) is 4.74 Å². The number of rotatable bonds is 1. The van der Waals surface area contributed by atoms with Crippen LogP contribution in [0, 0.1) is 10.1 Å². The number of fused-ring (bicyclic) bond motifs is 1. The van der Waals surface area contributed by atoms with Crippen molar-refractivity contribution < 1.29 is 9.66 Å². The van der Waals surface area contributed by atoms with Crippen LogP contribution in [0.5, 0.6) is 0 Å². The predicted octanol–water partition coefficient (Wildman–Crippen LogP) is 2.17. The van der Waals surface area contributed by atoms with Crippen LogP contribution in [0.15, 0.2) is 23.2 Å². The van der Waals surface area contributed by atoms with Crippen molar-refractivity contribution in [2.75, 3.05) is 0 Å². The van der Waals surface area contributed by atoms with E-state index in [1.165, 1.54) is 12.1 Å². The van der Waals surface area contributed by atoms with E-state index < -0.39 is 4.92 Å². The highest BCUT2D eigenvalue weighted by Gasteiger charge is 2.14. The monoisotopic (exact) mass is 192 g/mol. The van der Waals surface area contributed by atoms with Gasteiger partial charge in [0.25, 0.3) is 5.69 Å². The Kier molecular flexibility index (Phi) is 1.92. The molecule has 0 aromatic heterocycles. The molecule has 1 heterocycles. The molecule has 0 bridgehead atoms. The number of nitrogens with zero attached hydrogens (tertiary/aromatic N) is 2. The molecule has 0 atom stereocenters. The number of benzene rings is 1. The molecule has 0 saturated carbocycles. The first kappa shape index (κ1) is 8.68. The van der Waals surface area contributed by atoms with E-state index in [9.17, 15) is 10.1 Å². The quantitative estimate of drug-likeness (QED) is 0.506. The zero-order valence-electron chi connectivity index (χ0n) is 7.56.